The molecular formula is C20H22N2O3S. The van der Waals surface area contributed by atoms with Crippen LogP contribution >= 0.6 is 11.3 Å². The Balaban J connectivity index is 1.74. The van der Waals surface area contributed by atoms with Crippen LogP contribution in [-0.2, 0) is 11.8 Å². The number of aromatic nitrogens is 1. The van der Waals surface area contributed by atoms with Crippen LogP contribution in [0.3, 0.4) is 0 Å². The predicted molar refractivity (Wildman–Crippen MR) is 104 cm³/mol. The molecule has 0 bridgehead atoms. The number of hydrogen-bond acceptors (Lipinski definition) is 4. The summed E-state index contributed by atoms with van der Waals surface area (Å²) in [5.41, 5.74) is 3.54. The summed E-state index contributed by atoms with van der Waals surface area (Å²) in [4.78, 5) is 17.1. The van der Waals surface area contributed by atoms with E-state index in [9.17, 15) is 4.79 Å². The lowest BCUT2D eigenvalue weighted by atomic mass is 10.1. The van der Waals surface area contributed by atoms with Gasteiger partial charge in [-0.1, -0.05) is 11.3 Å². The van der Waals surface area contributed by atoms with E-state index < -0.39 is 0 Å². The minimum atomic E-state index is -0.311. The number of nitrogens with zero attached hydrogens (tertiary/aromatic N) is 2. The first-order valence-electron chi connectivity index (χ1n) is 8.48. The Bertz CT molecular complexity index is 1000. The molecule has 0 radical (unpaired) electrons. The minimum Gasteiger partial charge on any atom is -0.494 e. The standard InChI is InChI=1S/C20H22N2O3S/c1-5-24-15-6-8-16(9-7-15)25-12-19(23)21-20-22(4)17-10-13(2)14(3)11-18(17)26-20/h6-11H,5,12H2,1-4H3. The summed E-state index contributed by atoms with van der Waals surface area (Å²) in [6, 6.07) is 11.5. The highest BCUT2D eigenvalue weighted by molar-refractivity contribution is 7.16. The van der Waals surface area contributed by atoms with E-state index in [1.807, 2.05) is 30.7 Å². The van der Waals surface area contributed by atoms with Crippen molar-refractivity contribution < 1.29 is 14.3 Å². The van der Waals surface area contributed by atoms with Crippen molar-refractivity contribution in [3.8, 4) is 11.5 Å². The van der Waals surface area contributed by atoms with Gasteiger partial charge in [-0.2, -0.15) is 4.99 Å². The number of thiazole rings is 1. The van der Waals surface area contributed by atoms with Crippen molar-refractivity contribution in [1.29, 1.82) is 0 Å². The molecule has 3 rings (SSSR count). The van der Waals surface area contributed by atoms with Gasteiger partial charge in [-0.05, 0) is 68.3 Å². The zero-order chi connectivity index (χ0) is 18.7. The molecule has 0 atom stereocenters. The van der Waals surface area contributed by atoms with E-state index in [1.54, 1.807) is 12.1 Å². The van der Waals surface area contributed by atoms with Gasteiger partial charge in [0.1, 0.15) is 11.5 Å². The molecule has 26 heavy (non-hydrogen) atoms. The third-order valence-corrected chi connectivity index (χ3v) is 5.24. The fraction of sp³-hybridized carbons (Fsp3) is 0.300. The van der Waals surface area contributed by atoms with Gasteiger partial charge in [0.15, 0.2) is 11.4 Å². The Labute approximate surface area is 156 Å². The molecule has 0 spiro atoms. The van der Waals surface area contributed by atoms with Crippen LogP contribution < -0.4 is 14.3 Å². The van der Waals surface area contributed by atoms with Crippen molar-refractivity contribution in [1.82, 2.24) is 4.57 Å². The summed E-state index contributed by atoms with van der Waals surface area (Å²) >= 11 is 1.51. The Morgan fingerprint density at radius 2 is 1.69 bits per heavy atom. The maximum absolute atomic E-state index is 12.2. The Morgan fingerprint density at radius 1 is 1.08 bits per heavy atom. The second kappa shape index (κ2) is 7.74. The monoisotopic (exact) mass is 370 g/mol. The predicted octanol–water partition coefficient (Wildman–Crippen LogP) is 3.76. The maximum atomic E-state index is 12.2. The highest BCUT2D eigenvalue weighted by atomic mass is 32.1. The molecule has 1 aromatic heterocycles. The number of rotatable bonds is 5. The lowest BCUT2D eigenvalue weighted by Crippen LogP contribution is -2.17. The fourth-order valence-corrected chi connectivity index (χ4v) is 3.68. The first-order chi connectivity index (χ1) is 12.5. The number of ether oxygens (including phenoxy) is 2. The zero-order valence-corrected chi connectivity index (χ0v) is 16.2. The average molecular weight is 370 g/mol. The SMILES string of the molecule is CCOc1ccc(OCC(=O)N=c2sc3cc(C)c(C)cc3n2C)cc1. The van der Waals surface area contributed by atoms with Gasteiger partial charge in [-0.3, -0.25) is 4.79 Å². The highest BCUT2D eigenvalue weighted by Gasteiger charge is 2.08. The maximum Gasteiger partial charge on any atom is 0.286 e. The summed E-state index contributed by atoms with van der Waals surface area (Å²) in [5.74, 6) is 1.08. The second-order valence-electron chi connectivity index (χ2n) is 6.05. The molecule has 0 unspecified atom stereocenters. The third-order valence-electron chi connectivity index (χ3n) is 4.14. The summed E-state index contributed by atoms with van der Waals surface area (Å²) in [7, 11) is 1.92. The lowest BCUT2D eigenvalue weighted by Gasteiger charge is -2.05. The number of benzene rings is 2. The molecule has 0 aliphatic heterocycles. The first kappa shape index (κ1) is 18.2. The van der Waals surface area contributed by atoms with Crippen LogP contribution in [0.25, 0.3) is 10.2 Å². The number of amides is 1. The van der Waals surface area contributed by atoms with Crippen LogP contribution in [-0.4, -0.2) is 23.7 Å². The van der Waals surface area contributed by atoms with Crippen molar-refractivity contribution >= 4 is 27.5 Å². The van der Waals surface area contributed by atoms with Gasteiger partial charge in [0, 0.05) is 7.05 Å². The number of carbonyl (C=O) groups is 1. The van der Waals surface area contributed by atoms with Crippen LogP contribution in [0.15, 0.2) is 41.4 Å². The van der Waals surface area contributed by atoms with Crippen LogP contribution in [0, 0.1) is 13.8 Å². The van der Waals surface area contributed by atoms with Crippen LogP contribution in [0.1, 0.15) is 18.1 Å². The van der Waals surface area contributed by atoms with E-state index in [0.29, 0.717) is 17.2 Å². The van der Waals surface area contributed by atoms with Gasteiger partial charge in [-0.25, -0.2) is 0 Å². The van der Waals surface area contributed by atoms with E-state index in [4.69, 9.17) is 9.47 Å². The summed E-state index contributed by atoms with van der Waals surface area (Å²) in [5, 5.41) is 0. The number of fused-ring (bicyclic) bond motifs is 1. The smallest absolute Gasteiger partial charge is 0.286 e. The van der Waals surface area contributed by atoms with E-state index in [-0.39, 0.29) is 12.5 Å². The summed E-state index contributed by atoms with van der Waals surface area (Å²) in [6.07, 6.45) is 0. The van der Waals surface area contributed by atoms with Crippen LogP contribution in [0.5, 0.6) is 11.5 Å². The molecule has 5 nitrogen and oxygen atoms in total. The highest BCUT2D eigenvalue weighted by Crippen LogP contribution is 2.21. The Kier molecular flexibility index (Phi) is 5.42. The largest absolute Gasteiger partial charge is 0.494 e. The quantitative estimate of drug-likeness (QED) is 0.687. The molecule has 0 aliphatic carbocycles. The molecule has 0 aliphatic rings. The van der Waals surface area contributed by atoms with Crippen molar-refractivity contribution in [2.75, 3.05) is 13.2 Å². The average Bonchev–Trinajstić information content (AvgIpc) is 2.90. The van der Waals surface area contributed by atoms with Crippen molar-refractivity contribution in [2.45, 2.75) is 20.8 Å². The van der Waals surface area contributed by atoms with Crippen molar-refractivity contribution in [2.24, 2.45) is 12.0 Å². The fourth-order valence-electron chi connectivity index (χ4n) is 2.57. The van der Waals surface area contributed by atoms with E-state index in [2.05, 4.69) is 31.0 Å². The number of hydrogen-bond donors (Lipinski definition) is 0. The molecule has 2 aromatic carbocycles. The van der Waals surface area contributed by atoms with E-state index in [1.165, 1.54) is 22.5 Å². The van der Waals surface area contributed by atoms with Crippen LogP contribution in [0.2, 0.25) is 0 Å². The van der Waals surface area contributed by atoms with E-state index in [0.717, 1.165) is 16.0 Å². The molecule has 136 valence electrons. The molecule has 1 amide bonds. The normalized spacial score (nSPS) is 11.8. The lowest BCUT2D eigenvalue weighted by molar-refractivity contribution is -0.120. The number of carbonyl (C=O) groups excluding carboxylic acids is 1. The summed E-state index contributed by atoms with van der Waals surface area (Å²) in [6.45, 7) is 6.62. The van der Waals surface area contributed by atoms with Gasteiger partial charge in [0.25, 0.3) is 5.91 Å². The molecule has 0 fully saturated rings. The third kappa shape index (κ3) is 3.96. The molecule has 0 saturated carbocycles. The molecule has 6 heteroatoms. The molecule has 0 saturated heterocycles. The Morgan fingerprint density at radius 3 is 2.35 bits per heavy atom. The van der Waals surface area contributed by atoms with Gasteiger partial charge in [0.05, 0.1) is 16.8 Å². The Hall–Kier alpha value is -2.60. The first-order valence-corrected chi connectivity index (χ1v) is 9.29. The van der Waals surface area contributed by atoms with Gasteiger partial charge in [0.2, 0.25) is 0 Å². The molecular weight excluding hydrogens is 348 g/mol. The zero-order valence-electron chi connectivity index (χ0n) is 15.4. The number of aryl methyl sites for hydroxylation is 3. The van der Waals surface area contributed by atoms with Crippen molar-refractivity contribution in [3.63, 3.8) is 0 Å². The van der Waals surface area contributed by atoms with Crippen LogP contribution in [0.4, 0.5) is 0 Å². The minimum absolute atomic E-state index is 0.0969. The van der Waals surface area contributed by atoms with Gasteiger partial charge in [-0.15, -0.1) is 0 Å². The molecule has 0 N–H and O–H groups in total. The van der Waals surface area contributed by atoms with Gasteiger partial charge < -0.3 is 14.0 Å². The topological polar surface area (TPSA) is 52.8 Å². The van der Waals surface area contributed by atoms with Crippen molar-refractivity contribution in [3.05, 3.63) is 52.3 Å². The van der Waals surface area contributed by atoms with Gasteiger partial charge >= 0.3 is 0 Å². The molecule has 1 heterocycles. The molecule has 3 aromatic rings. The summed E-state index contributed by atoms with van der Waals surface area (Å²) < 4.78 is 14.0. The van der Waals surface area contributed by atoms with E-state index >= 15 is 0 Å². The second-order valence-corrected chi connectivity index (χ2v) is 7.06.